The number of ether oxygens (including phenoxy) is 1. The molecule has 0 saturated carbocycles. The van der Waals surface area contributed by atoms with E-state index in [1.54, 1.807) is 23.5 Å². The highest BCUT2D eigenvalue weighted by atomic mass is 16.5. The molecule has 2 aromatic heterocycles. The van der Waals surface area contributed by atoms with E-state index in [1.165, 1.54) is 12.5 Å². The van der Waals surface area contributed by atoms with Gasteiger partial charge >= 0.3 is 0 Å². The third kappa shape index (κ3) is 3.48. The van der Waals surface area contributed by atoms with Gasteiger partial charge < -0.3 is 9.64 Å². The van der Waals surface area contributed by atoms with Gasteiger partial charge in [-0.2, -0.15) is 0 Å². The van der Waals surface area contributed by atoms with Crippen LogP contribution < -0.4 is 4.74 Å². The molecule has 4 rings (SSSR count). The number of fused-ring (bicyclic) bond motifs is 1. The number of nitrogens with zero attached hydrogens (tertiary/aromatic N) is 5. The maximum atomic E-state index is 13.0. The molecule has 0 radical (unpaired) electrons. The van der Waals surface area contributed by atoms with E-state index >= 15 is 0 Å². The van der Waals surface area contributed by atoms with Gasteiger partial charge in [-0.05, 0) is 31.5 Å². The van der Waals surface area contributed by atoms with E-state index in [2.05, 4.69) is 19.9 Å². The summed E-state index contributed by atoms with van der Waals surface area (Å²) >= 11 is 0. The smallest absolute Gasteiger partial charge is 0.274 e. The average molecular weight is 361 g/mol. The summed E-state index contributed by atoms with van der Waals surface area (Å²) in [6.07, 6.45) is 8.16. The minimum absolute atomic E-state index is 0.0866. The van der Waals surface area contributed by atoms with Crippen LogP contribution in [0, 0.1) is 6.92 Å². The summed E-state index contributed by atoms with van der Waals surface area (Å²) in [6.45, 7) is 4.67. The Morgan fingerprint density at radius 2 is 1.93 bits per heavy atom. The largest absolute Gasteiger partial charge is 0.491 e. The third-order valence-electron chi connectivity index (χ3n) is 4.57. The minimum Gasteiger partial charge on any atom is -0.491 e. The Kier molecular flexibility index (Phi) is 4.50. The molecular weight excluding hydrogens is 342 g/mol. The number of hydrogen-bond donors (Lipinski definition) is 0. The van der Waals surface area contributed by atoms with Crippen molar-refractivity contribution in [2.75, 3.05) is 6.61 Å². The van der Waals surface area contributed by atoms with Gasteiger partial charge in [0.2, 0.25) is 0 Å². The van der Waals surface area contributed by atoms with Crippen LogP contribution in [0.25, 0.3) is 11.1 Å². The molecule has 0 N–H and O–H groups in total. The average Bonchev–Trinajstić information content (AvgIpc) is 2.87. The summed E-state index contributed by atoms with van der Waals surface area (Å²) in [4.78, 5) is 31.3. The van der Waals surface area contributed by atoms with Gasteiger partial charge in [0.05, 0.1) is 24.5 Å². The monoisotopic (exact) mass is 361 g/mol. The van der Waals surface area contributed by atoms with Crippen molar-refractivity contribution in [3.63, 3.8) is 0 Å². The molecule has 7 nitrogen and oxygen atoms in total. The lowest BCUT2D eigenvalue weighted by atomic mass is 10.0. The zero-order valence-corrected chi connectivity index (χ0v) is 15.2. The number of rotatable bonds is 2. The van der Waals surface area contributed by atoms with Crippen molar-refractivity contribution in [2.45, 2.75) is 26.4 Å². The third-order valence-corrected chi connectivity index (χ3v) is 4.57. The Bertz CT molecular complexity index is 960. The van der Waals surface area contributed by atoms with Crippen molar-refractivity contribution in [2.24, 2.45) is 0 Å². The predicted octanol–water partition coefficient (Wildman–Crippen LogP) is 2.67. The summed E-state index contributed by atoms with van der Waals surface area (Å²) < 4.78 is 5.93. The fraction of sp³-hybridized carbons (Fsp3) is 0.250. The molecule has 136 valence electrons. The lowest BCUT2D eigenvalue weighted by Crippen LogP contribution is -2.40. The van der Waals surface area contributed by atoms with Crippen LogP contribution in [-0.4, -0.2) is 43.4 Å². The van der Waals surface area contributed by atoms with Gasteiger partial charge in [-0.15, -0.1) is 0 Å². The van der Waals surface area contributed by atoms with Gasteiger partial charge in [-0.25, -0.2) is 15.0 Å². The Labute approximate surface area is 157 Å². The zero-order valence-electron chi connectivity index (χ0n) is 15.2. The van der Waals surface area contributed by atoms with E-state index < -0.39 is 0 Å². The van der Waals surface area contributed by atoms with Crippen LogP contribution in [0.4, 0.5) is 0 Å². The number of aryl methyl sites for hydroxylation is 1. The van der Waals surface area contributed by atoms with Gasteiger partial charge in [-0.1, -0.05) is 6.07 Å². The van der Waals surface area contributed by atoms with Crippen molar-refractivity contribution in [3.8, 4) is 16.9 Å². The molecule has 3 heterocycles. The summed E-state index contributed by atoms with van der Waals surface area (Å²) in [7, 11) is 0. The summed E-state index contributed by atoms with van der Waals surface area (Å²) in [5.41, 5.74) is 3.95. The lowest BCUT2D eigenvalue weighted by Gasteiger charge is -2.25. The SMILES string of the molecule is Cc1cnc(C(=O)N2Cc3cc(-c4cncnc4)ccc3OC[C@H]2C)cn1. The molecule has 0 aliphatic carbocycles. The fourth-order valence-electron chi connectivity index (χ4n) is 3.03. The zero-order chi connectivity index (χ0) is 18.8. The minimum atomic E-state index is -0.153. The molecule has 0 spiro atoms. The molecule has 0 bridgehead atoms. The van der Waals surface area contributed by atoms with E-state index in [4.69, 9.17) is 4.74 Å². The second kappa shape index (κ2) is 7.11. The highest BCUT2D eigenvalue weighted by Gasteiger charge is 2.27. The standard InChI is InChI=1S/C20H19N5O2/c1-13-6-24-18(9-23-13)20(26)25-10-16-5-15(17-7-21-12-22-8-17)3-4-19(16)27-11-14(25)2/h3-9,12,14H,10-11H2,1-2H3/t14-/m1/s1. The molecule has 1 amide bonds. The summed E-state index contributed by atoms with van der Waals surface area (Å²) in [5.74, 6) is 0.632. The van der Waals surface area contributed by atoms with Crippen molar-refractivity contribution in [1.29, 1.82) is 0 Å². The molecule has 1 atom stereocenters. The first-order valence-corrected chi connectivity index (χ1v) is 8.72. The highest BCUT2D eigenvalue weighted by Crippen LogP contribution is 2.30. The van der Waals surface area contributed by atoms with E-state index in [9.17, 15) is 4.79 Å². The van der Waals surface area contributed by atoms with Crippen molar-refractivity contribution in [3.05, 3.63) is 66.3 Å². The molecule has 1 aliphatic rings. The molecule has 3 aromatic rings. The van der Waals surface area contributed by atoms with E-state index in [1.807, 2.05) is 32.0 Å². The quantitative estimate of drug-likeness (QED) is 0.698. The molecule has 27 heavy (non-hydrogen) atoms. The van der Waals surface area contributed by atoms with Gasteiger partial charge in [0.15, 0.2) is 0 Å². The van der Waals surface area contributed by atoms with Crippen LogP contribution in [-0.2, 0) is 6.54 Å². The van der Waals surface area contributed by atoms with Crippen molar-refractivity contribution in [1.82, 2.24) is 24.8 Å². The Morgan fingerprint density at radius 3 is 2.67 bits per heavy atom. The first-order chi connectivity index (χ1) is 13.1. The van der Waals surface area contributed by atoms with Crippen LogP contribution in [0.15, 0.2) is 49.3 Å². The van der Waals surface area contributed by atoms with Crippen LogP contribution in [0.3, 0.4) is 0 Å². The highest BCUT2D eigenvalue weighted by molar-refractivity contribution is 5.92. The fourth-order valence-corrected chi connectivity index (χ4v) is 3.03. The molecule has 0 saturated heterocycles. The number of carbonyl (C=O) groups is 1. The normalized spacial score (nSPS) is 16.2. The maximum Gasteiger partial charge on any atom is 0.274 e. The van der Waals surface area contributed by atoms with Gasteiger partial charge in [0.1, 0.15) is 24.4 Å². The molecule has 7 heteroatoms. The second-order valence-electron chi connectivity index (χ2n) is 6.59. The molecule has 1 aromatic carbocycles. The molecule has 1 aliphatic heterocycles. The number of aromatic nitrogens is 4. The van der Waals surface area contributed by atoms with Gasteiger partial charge in [0, 0.05) is 29.7 Å². The van der Waals surface area contributed by atoms with E-state index in [0.29, 0.717) is 18.8 Å². The molecular formula is C20H19N5O2. The van der Waals surface area contributed by atoms with Gasteiger partial charge in [0.25, 0.3) is 5.91 Å². The van der Waals surface area contributed by atoms with Gasteiger partial charge in [-0.3, -0.25) is 9.78 Å². The van der Waals surface area contributed by atoms with Crippen LogP contribution in [0.2, 0.25) is 0 Å². The Hall–Kier alpha value is -3.35. The van der Waals surface area contributed by atoms with E-state index in [-0.39, 0.29) is 11.9 Å². The Morgan fingerprint density at radius 1 is 1.11 bits per heavy atom. The van der Waals surface area contributed by atoms with Crippen molar-refractivity contribution >= 4 is 5.91 Å². The number of carbonyl (C=O) groups excluding carboxylic acids is 1. The number of amides is 1. The second-order valence-corrected chi connectivity index (χ2v) is 6.59. The molecule has 0 fully saturated rings. The predicted molar refractivity (Wildman–Crippen MR) is 99.1 cm³/mol. The first-order valence-electron chi connectivity index (χ1n) is 8.72. The van der Waals surface area contributed by atoms with Crippen LogP contribution in [0.5, 0.6) is 5.75 Å². The summed E-state index contributed by atoms with van der Waals surface area (Å²) in [5, 5.41) is 0. The number of hydrogen-bond acceptors (Lipinski definition) is 6. The topological polar surface area (TPSA) is 81.1 Å². The summed E-state index contributed by atoms with van der Waals surface area (Å²) in [6, 6.07) is 5.85. The van der Waals surface area contributed by atoms with Crippen LogP contribution >= 0.6 is 0 Å². The maximum absolute atomic E-state index is 13.0. The van der Waals surface area contributed by atoms with Crippen molar-refractivity contribution < 1.29 is 9.53 Å². The Balaban J connectivity index is 1.67. The first kappa shape index (κ1) is 17.1. The lowest BCUT2D eigenvalue weighted by molar-refractivity contribution is 0.0639. The molecule has 0 unspecified atom stereocenters. The number of benzene rings is 1. The van der Waals surface area contributed by atoms with Crippen LogP contribution in [0.1, 0.15) is 28.7 Å². The van der Waals surface area contributed by atoms with E-state index in [0.717, 1.165) is 28.1 Å².